The minimum Gasteiger partial charge on any atom is -0.348 e. The molecule has 100 valence electrons. The number of piperidine rings is 1. The summed E-state index contributed by atoms with van der Waals surface area (Å²) < 4.78 is 1.18. The molecule has 0 amide bonds. The molecule has 0 unspecified atom stereocenters. The van der Waals surface area contributed by atoms with Crippen LogP contribution in [0.25, 0.3) is 10.3 Å². The maximum atomic E-state index is 4.65. The fourth-order valence-corrected chi connectivity index (χ4v) is 3.96. The number of hydrogen-bond donors (Lipinski definition) is 2. The zero-order chi connectivity index (χ0) is 12.7. The SMILES string of the molecule is c1cnc2nc(N3CCC4(CC3)CNCN4)sc2c1. The summed E-state index contributed by atoms with van der Waals surface area (Å²) in [5.41, 5.74) is 1.20. The van der Waals surface area contributed by atoms with E-state index in [0.29, 0.717) is 5.54 Å². The van der Waals surface area contributed by atoms with E-state index in [1.807, 2.05) is 12.3 Å². The number of hydrogen-bond acceptors (Lipinski definition) is 6. The third kappa shape index (κ3) is 2.00. The van der Waals surface area contributed by atoms with E-state index in [2.05, 4.69) is 31.6 Å². The second kappa shape index (κ2) is 4.40. The average Bonchev–Trinajstić information content (AvgIpc) is 3.06. The van der Waals surface area contributed by atoms with Crippen LogP contribution in [0, 0.1) is 0 Å². The maximum absolute atomic E-state index is 4.65. The lowest BCUT2D eigenvalue weighted by Gasteiger charge is -2.38. The van der Waals surface area contributed by atoms with Crippen LogP contribution in [0.4, 0.5) is 5.13 Å². The van der Waals surface area contributed by atoms with Gasteiger partial charge in [0, 0.05) is 38.0 Å². The predicted octanol–water partition coefficient (Wildman–Crippen LogP) is 1.18. The molecule has 2 fully saturated rings. The number of thiazole rings is 1. The van der Waals surface area contributed by atoms with Gasteiger partial charge in [-0.15, -0.1) is 0 Å². The first-order valence-electron chi connectivity index (χ1n) is 6.77. The summed E-state index contributed by atoms with van der Waals surface area (Å²) in [6, 6.07) is 4.07. The highest BCUT2D eigenvalue weighted by molar-refractivity contribution is 7.22. The molecule has 0 bridgehead atoms. The molecule has 6 heteroatoms. The van der Waals surface area contributed by atoms with Gasteiger partial charge in [-0.2, -0.15) is 4.98 Å². The van der Waals surface area contributed by atoms with Gasteiger partial charge in [-0.05, 0) is 25.0 Å². The molecular formula is C13H17N5S. The van der Waals surface area contributed by atoms with Gasteiger partial charge < -0.3 is 10.2 Å². The highest BCUT2D eigenvalue weighted by Gasteiger charge is 2.37. The van der Waals surface area contributed by atoms with Crippen molar-refractivity contribution in [3.63, 3.8) is 0 Å². The van der Waals surface area contributed by atoms with Crippen molar-refractivity contribution in [1.82, 2.24) is 20.6 Å². The van der Waals surface area contributed by atoms with Crippen LogP contribution in [0.3, 0.4) is 0 Å². The molecule has 4 heterocycles. The Hall–Kier alpha value is -1.24. The molecule has 2 aliphatic rings. The third-order valence-electron chi connectivity index (χ3n) is 4.20. The molecule has 0 radical (unpaired) electrons. The van der Waals surface area contributed by atoms with E-state index >= 15 is 0 Å². The number of nitrogens with zero attached hydrogens (tertiary/aromatic N) is 3. The highest BCUT2D eigenvalue weighted by atomic mass is 32.1. The number of anilines is 1. The molecule has 0 aliphatic carbocycles. The van der Waals surface area contributed by atoms with Crippen molar-refractivity contribution in [2.24, 2.45) is 0 Å². The molecule has 2 N–H and O–H groups in total. The first-order chi connectivity index (χ1) is 9.35. The van der Waals surface area contributed by atoms with Crippen LogP contribution in [0.15, 0.2) is 18.3 Å². The van der Waals surface area contributed by atoms with Crippen molar-refractivity contribution in [2.45, 2.75) is 18.4 Å². The third-order valence-corrected chi connectivity index (χ3v) is 5.27. The molecule has 4 rings (SSSR count). The van der Waals surface area contributed by atoms with Crippen LogP contribution in [0.5, 0.6) is 0 Å². The van der Waals surface area contributed by atoms with E-state index in [4.69, 9.17) is 0 Å². The smallest absolute Gasteiger partial charge is 0.188 e. The van der Waals surface area contributed by atoms with Crippen LogP contribution in [-0.2, 0) is 0 Å². The summed E-state index contributed by atoms with van der Waals surface area (Å²) in [5, 5.41) is 8.13. The van der Waals surface area contributed by atoms with Gasteiger partial charge in [0.05, 0.1) is 4.70 Å². The van der Waals surface area contributed by atoms with Crippen molar-refractivity contribution in [2.75, 3.05) is 31.2 Å². The van der Waals surface area contributed by atoms with E-state index in [-0.39, 0.29) is 0 Å². The minimum atomic E-state index is 0.325. The van der Waals surface area contributed by atoms with Crippen molar-refractivity contribution in [3.05, 3.63) is 18.3 Å². The van der Waals surface area contributed by atoms with Crippen molar-refractivity contribution >= 4 is 26.8 Å². The molecule has 1 spiro atoms. The number of pyridine rings is 1. The van der Waals surface area contributed by atoms with Crippen molar-refractivity contribution in [1.29, 1.82) is 0 Å². The lowest BCUT2D eigenvalue weighted by molar-refractivity contribution is 0.314. The second-order valence-corrected chi connectivity index (χ2v) is 6.38. The summed E-state index contributed by atoms with van der Waals surface area (Å²) in [4.78, 5) is 11.4. The molecule has 19 heavy (non-hydrogen) atoms. The summed E-state index contributed by atoms with van der Waals surface area (Å²) in [6.45, 7) is 4.20. The fourth-order valence-electron chi connectivity index (χ4n) is 2.99. The van der Waals surface area contributed by atoms with Crippen LogP contribution in [-0.4, -0.2) is 41.8 Å². The zero-order valence-electron chi connectivity index (χ0n) is 10.7. The number of rotatable bonds is 1. The van der Waals surface area contributed by atoms with Gasteiger partial charge in [0.2, 0.25) is 0 Å². The lowest BCUT2D eigenvalue weighted by Crippen LogP contribution is -2.52. The van der Waals surface area contributed by atoms with Gasteiger partial charge >= 0.3 is 0 Å². The Bertz CT molecular complexity index is 546. The van der Waals surface area contributed by atoms with Crippen LogP contribution in [0.1, 0.15) is 12.8 Å². The molecule has 0 aromatic carbocycles. The van der Waals surface area contributed by atoms with Gasteiger partial charge in [0.1, 0.15) is 0 Å². The van der Waals surface area contributed by atoms with Gasteiger partial charge in [-0.25, -0.2) is 4.98 Å². The molecule has 5 nitrogen and oxygen atoms in total. The fraction of sp³-hybridized carbons (Fsp3) is 0.538. The molecule has 0 saturated carbocycles. The van der Waals surface area contributed by atoms with Crippen molar-refractivity contribution in [3.8, 4) is 0 Å². The Morgan fingerprint density at radius 1 is 1.32 bits per heavy atom. The Morgan fingerprint density at radius 3 is 2.95 bits per heavy atom. The van der Waals surface area contributed by atoms with Crippen LogP contribution >= 0.6 is 11.3 Å². The Labute approximate surface area is 116 Å². The van der Waals surface area contributed by atoms with E-state index < -0.39 is 0 Å². The predicted molar refractivity (Wildman–Crippen MR) is 77.6 cm³/mol. The molecular weight excluding hydrogens is 258 g/mol. The van der Waals surface area contributed by atoms with E-state index in [0.717, 1.165) is 37.1 Å². The van der Waals surface area contributed by atoms with Gasteiger partial charge in [0.25, 0.3) is 0 Å². The summed E-state index contributed by atoms with van der Waals surface area (Å²) in [6.07, 6.45) is 4.18. The molecule has 2 aliphatic heterocycles. The van der Waals surface area contributed by atoms with E-state index in [1.54, 1.807) is 11.3 Å². The maximum Gasteiger partial charge on any atom is 0.188 e. The van der Waals surface area contributed by atoms with E-state index in [1.165, 1.54) is 17.5 Å². The molecule has 2 saturated heterocycles. The Kier molecular flexibility index (Phi) is 2.68. The summed E-state index contributed by atoms with van der Waals surface area (Å²) >= 11 is 1.75. The molecule has 2 aromatic rings. The summed E-state index contributed by atoms with van der Waals surface area (Å²) in [5.74, 6) is 0. The standard InChI is InChI=1S/C13H17N5S/c1-2-10-11(15-5-1)17-12(19-10)18-6-3-13(4-7-18)8-14-9-16-13/h1-2,5,14,16H,3-4,6-9H2. The first kappa shape index (κ1) is 11.6. The topological polar surface area (TPSA) is 53.1 Å². The molecule has 0 atom stereocenters. The van der Waals surface area contributed by atoms with Crippen LogP contribution in [0.2, 0.25) is 0 Å². The van der Waals surface area contributed by atoms with Gasteiger partial charge in [-0.3, -0.25) is 5.32 Å². The highest BCUT2D eigenvalue weighted by Crippen LogP contribution is 2.32. The van der Waals surface area contributed by atoms with E-state index in [9.17, 15) is 0 Å². The van der Waals surface area contributed by atoms with Crippen LogP contribution < -0.4 is 15.5 Å². The van der Waals surface area contributed by atoms with Crippen molar-refractivity contribution < 1.29 is 0 Å². The number of nitrogens with one attached hydrogen (secondary N) is 2. The summed E-state index contributed by atoms with van der Waals surface area (Å²) in [7, 11) is 0. The number of fused-ring (bicyclic) bond motifs is 1. The largest absolute Gasteiger partial charge is 0.348 e. The Morgan fingerprint density at radius 2 is 2.21 bits per heavy atom. The van der Waals surface area contributed by atoms with Gasteiger partial charge in [0.15, 0.2) is 10.8 Å². The van der Waals surface area contributed by atoms with Gasteiger partial charge in [-0.1, -0.05) is 11.3 Å². The quantitative estimate of drug-likeness (QED) is 0.818. The molecule has 2 aromatic heterocycles. The number of aromatic nitrogens is 2. The first-order valence-corrected chi connectivity index (χ1v) is 7.59. The average molecular weight is 275 g/mol. The zero-order valence-corrected chi connectivity index (χ0v) is 11.5. The monoisotopic (exact) mass is 275 g/mol. The lowest BCUT2D eigenvalue weighted by atomic mass is 9.89. The Balaban J connectivity index is 1.54. The minimum absolute atomic E-state index is 0.325. The normalized spacial score (nSPS) is 22.4. The second-order valence-electron chi connectivity index (χ2n) is 5.37.